The zero-order valence-electron chi connectivity index (χ0n) is 14.4. The van der Waals surface area contributed by atoms with E-state index in [-0.39, 0.29) is 42.3 Å². The van der Waals surface area contributed by atoms with Gasteiger partial charge in [-0.05, 0) is 36.4 Å². The molecular formula is C19H13ClFN3O4. The molecule has 28 heavy (non-hydrogen) atoms. The number of carbonyl (C=O) groups excluding carboxylic acids is 1. The molecule has 0 radical (unpaired) electrons. The molecule has 2 aliphatic rings. The van der Waals surface area contributed by atoms with E-state index in [1.165, 1.54) is 17.0 Å². The van der Waals surface area contributed by atoms with Gasteiger partial charge in [-0.1, -0.05) is 16.8 Å². The molecule has 0 saturated carbocycles. The number of fused-ring (bicyclic) bond motifs is 1. The van der Waals surface area contributed by atoms with Gasteiger partial charge in [-0.15, -0.1) is 0 Å². The molecule has 1 unspecified atom stereocenters. The molecule has 2 aliphatic heterocycles. The quantitative estimate of drug-likeness (QED) is 0.664. The molecule has 3 heterocycles. The van der Waals surface area contributed by atoms with Crippen LogP contribution in [0.5, 0.6) is 11.5 Å². The Morgan fingerprint density at radius 1 is 1.14 bits per heavy atom. The Hall–Kier alpha value is -3.13. The van der Waals surface area contributed by atoms with E-state index in [9.17, 15) is 9.18 Å². The SMILES string of the molecule is O=C1CC(c2nc(-c3ccc4c(c3)OCO4)no2)CN1c1ccc(Cl)cc1F. The molecule has 7 nitrogen and oxygen atoms in total. The van der Waals surface area contributed by atoms with Crippen LogP contribution >= 0.6 is 11.6 Å². The molecule has 9 heteroatoms. The summed E-state index contributed by atoms with van der Waals surface area (Å²) in [6, 6.07) is 9.57. The van der Waals surface area contributed by atoms with Gasteiger partial charge >= 0.3 is 0 Å². The van der Waals surface area contributed by atoms with Crippen LogP contribution in [-0.4, -0.2) is 29.4 Å². The summed E-state index contributed by atoms with van der Waals surface area (Å²) in [6.45, 7) is 0.428. The lowest BCUT2D eigenvalue weighted by molar-refractivity contribution is -0.117. The van der Waals surface area contributed by atoms with Crippen molar-refractivity contribution in [3.8, 4) is 22.9 Å². The number of benzene rings is 2. The maximum absolute atomic E-state index is 14.2. The Labute approximate surface area is 163 Å². The molecule has 1 aromatic heterocycles. The van der Waals surface area contributed by atoms with Crippen LogP contribution in [0, 0.1) is 5.82 Å². The molecule has 0 bridgehead atoms. The number of rotatable bonds is 3. The Bertz CT molecular complexity index is 1090. The molecule has 0 aliphatic carbocycles. The van der Waals surface area contributed by atoms with Gasteiger partial charge in [-0.25, -0.2) is 4.39 Å². The fourth-order valence-corrected chi connectivity index (χ4v) is 3.52. The monoisotopic (exact) mass is 401 g/mol. The van der Waals surface area contributed by atoms with E-state index >= 15 is 0 Å². The third-order valence-electron chi connectivity index (χ3n) is 4.75. The van der Waals surface area contributed by atoms with Gasteiger partial charge in [0, 0.05) is 23.6 Å². The van der Waals surface area contributed by atoms with Crippen LogP contribution in [0.2, 0.25) is 5.02 Å². The highest BCUT2D eigenvalue weighted by molar-refractivity contribution is 6.30. The zero-order chi connectivity index (χ0) is 19.3. The normalized spacial score (nSPS) is 18.1. The highest BCUT2D eigenvalue weighted by Gasteiger charge is 2.36. The van der Waals surface area contributed by atoms with Crippen molar-refractivity contribution >= 4 is 23.2 Å². The van der Waals surface area contributed by atoms with Gasteiger partial charge in [0.05, 0.1) is 11.6 Å². The molecule has 5 rings (SSSR count). The van der Waals surface area contributed by atoms with Crippen LogP contribution in [0.3, 0.4) is 0 Å². The maximum Gasteiger partial charge on any atom is 0.232 e. The summed E-state index contributed by atoms with van der Waals surface area (Å²) in [6.07, 6.45) is 0.158. The van der Waals surface area contributed by atoms with Crippen molar-refractivity contribution < 1.29 is 23.2 Å². The number of anilines is 1. The predicted molar refractivity (Wildman–Crippen MR) is 97.0 cm³/mol. The van der Waals surface area contributed by atoms with Crippen molar-refractivity contribution in [2.45, 2.75) is 12.3 Å². The first-order chi connectivity index (χ1) is 13.6. The molecule has 1 atom stereocenters. The highest BCUT2D eigenvalue weighted by Crippen LogP contribution is 2.37. The van der Waals surface area contributed by atoms with Gasteiger partial charge < -0.3 is 18.9 Å². The average molecular weight is 402 g/mol. The van der Waals surface area contributed by atoms with Crippen LogP contribution in [0.4, 0.5) is 10.1 Å². The minimum atomic E-state index is -0.548. The summed E-state index contributed by atoms with van der Waals surface area (Å²) in [7, 11) is 0. The van der Waals surface area contributed by atoms with E-state index in [0.717, 1.165) is 0 Å². The molecular weight excluding hydrogens is 389 g/mol. The molecule has 0 N–H and O–H groups in total. The molecule has 1 amide bonds. The molecule has 0 spiro atoms. The molecule has 3 aromatic rings. The lowest BCUT2D eigenvalue weighted by Crippen LogP contribution is -2.25. The molecule has 1 fully saturated rings. The van der Waals surface area contributed by atoms with E-state index in [1.807, 2.05) is 0 Å². The molecule has 142 valence electrons. The zero-order valence-corrected chi connectivity index (χ0v) is 15.1. The highest BCUT2D eigenvalue weighted by atomic mass is 35.5. The summed E-state index contributed by atoms with van der Waals surface area (Å²) in [5.74, 6) is 0.911. The minimum absolute atomic E-state index is 0.158. The number of amides is 1. The molecule has 2 aromatic carbocycles. The second kappa shape index (κ2) is 6.49. The van der Waals surface area contributed by atoms with Crippen molar-refractivity contribution in [1.29, 1.82) is 0 Å². The predicted octanol–water partition coefficient (Wildman–Crippen LogP) is 3.78. The van der Waals surface area contributed by atoms with Gasteiger partial charge in [-0.3, -0.25) is 4.79 Å². The third kappa shape index (κ3) is 2.86. The van der Waals surface area contributed by atoms with Gasteiger partial charge in [0.1, 0.15) is 5.82 Å². The summed E-state index contributed by atoms with van der Waals surface area (Å²) in [4.78, 5) is 18.2. The van der Waals surface area contributed by atoms with Crippen molar-refractivity contribution in [3.05, 3.63) is 53.1 Å². The van der Waals surface area contributed by atoms with Crippen molar-refractivity contribution in [3.63, 3.8) is 0 Å². The number of hydrogen-bond donors (Lipinski definition) is 0. The van der Waals surface area contributed by atoms with Crippen LogP contribution in [0.25, 0.3) is 11.4 Å². The molecule has 1 saturated heterocycles. The second-order valence-electron chi connectivity index (χ2n) is 6.53. The van der Waals surface area contributed by atoms with Crippen LogP contribution in [-0.2, 0) is 4.79 Å². The van der Waals surface area contributed by atoms with Gasteiger partial charge in [0.2, 0.25) is 24.4 Å². The van der Waals surface area contributed by atoms with E-state index in [4.69, 9.17) is 25.6 Å². The fraction of sp³-hybridized carbons (Fsp3) is 0.211. The van der Waals surface area contributed by atoms with Crippen molar-refractivity contribution in [2.24, 2.45) is 0 Å². The first kappa shape index (κ1) is 17.0. The maximum atomic E-state index is 14.2. The van der Waals surface area contributed by atoms with E-state index in [2.05, 4.69) is 10.1 Å². The first-order valence-electron chi connectivity index (χ1n) is 8.57. The smallest absolute Gasteiger partial charge is 0.232 e. The summed E-state index contributed by atoms with van der Waals surface area (Å²) >= 11 is 5.79. The van der Waals surface area contributed by atoms with Crippen LogP contribution in [0.15, 0.2) is 40.9 Å². The summed E-state index contributed by atoms with van der Waals surface area (Å²) < 4.78 is 30.2. The Morgan fingerprint density at radius 2 is 2.00 bits per heavy atom. The number of aromatic nitrogens is 2. The Balaban J connectivity index is 1.38. The lowest BCUT2D eigenvalue weighted by atomic mass is 10.1. The van der Waals surface area contributed by atoms with Gasteiger partial charge in [-0.2, -0.15) is 4.98 Å². The van der Waals surface area contributed by atoms with Gasteiger partial charge in [0.15, 0.2) is 11.5 Å². The third-order valence-corrected chi connectivity index (χ3v) is 4.98. The van der Waals surface area contributed by atoms with E-state index in [1.54, 1.807) is 24.3 Å². The number of nitrogens with zero attached hydrogens (tertiary/aromatic N) is 3. The van der Waals surface area contributed by atoms with Crippen molar-refractivity contribution in [2.75, 3.05) is 18.2 Å². The number of halogens is 2. The van der Waals surface area contributed by atoms with Crippen LogP contribution in [0.1, 0.15) is 18.2 Å². The van der Waals surface area contributed by atoms with Crippen LogP contribution < -0.4 is 14.4 Å². The summed E-state index contributed by atoms with van der Waals surface area (Å²) in [5, 5.41) is 4.28. The summed E-state index contributed by atoms with van der Waals surface area (Å²) in [5.41, 5.74) is 0.900. The number of hydrogen-bond acceptors (Lipinski definition) is 6. The van der Waals surface area contributed by atoms with E-state index in [0.29, 0.717) is 28.8 Å². The van der Waals surface area contributed by atoms with E-state index < -0.39 is 5.82 Å². The fourth-order valence-electron chi connectivity index (χ4n) is 3.36. The van der Waals surface area contributed by atoms with Crippen molar-refractivity contribution in [1.82, 2.24) is 10.1 Å². The topological polar surface area (TPSA) is 77.7 Å². The lowest BCUT2D eigenvalue weighted by Gasteiger charge is -2.16. The van der Waals surface area contributed by atoms with Gasteiger partial charge in [0.25, 0.3) is 0 Å². The minimum Gasteiger partial charge on any atom is -0.454 e. The average Bonchev–Trinajstić information content (AvgIpc) is 3.40. The number of carbonyl (C=O) groups is 1. The standard InChI is InChI=1S/C19H13ClFN3O4/c20-12-2-3-14(13(21)7-12)24-8-11(6-17(24)25)19-22-18(23-28-19)10-1-4-15-16(5-10)27-9-26-15/h1-5,7,11H,6,8-9H2. The Morgan fingerprint density at radius 3 is 2.86 bits per heavy atom. The first-order valence-corrected chi connectivity index (χ1v) is 8.95. The Kier molecular flexibility index (Phi) is 3.94. The number of ether oxygens (including phenoxy) is 2. The largest absolute Gasteiger partial charge is 0.454 e. The second-order valence-corrected chi connectivity index (χ2v) is 6.96.